The molecule has 0 radical (unpaired) electrons. The van der Waals surface area contributed by atoms with Crippen LogP contribution in [0.15, 0.2) is 12.1 Å². The molecule has 1 saturated heterocycles. The fourth-order valence-electron chi connectivity index (χ4n) is 2.35. The maximum Gasteiger partial charge on any atom is 0.224 e. The molecule has 1 atom stereocenters. The van der Waals surface area contributed by atoms with Gasteiger partial charge in [-0.15, -0.1) is 0 Å². The quantitative estimate of drug-likeness (QED) is 0.872. The van der Waals surface area contributed by atoms with Gasteiger partial charge in [0.1, 0.15) is 0 Å². The van der Waals surface area contributed by atoms with E-state index in [1.807, 2.05) is 0 Å². The molecule has 6 heteroatoms. The van der Waals surface area contributed by atoms with Crippen molar-refractivity contribution in [2.24, 2.45) is 5.92 Å². The van der Waals surface area contributed by atoms with Crippen molar-refractivity contribution < 1.29 is 18.3 Å². The molecule has 4 nitrogen and oxygen atoms in total. The molecule has 110 valence electrons. The lowest BCUT2D eigenvalue weighted by Crippen LogP contribution is -2.15. The van der Waals surface area contributed by atoms with Gasteiger partial charge in [-0.05, 0) is 31.8 Å². The highest BCUT2D eigenvalue weighted by molar-refractivity contribution is 5.90. The maximum absolute atomic E-state index is 13.5. The van der Waals surface area contributed by atoms with Crippen molar-refractivity contribution >= 4 is 11.6 Å². The Balaban J connectivity index is 1.90. The Morgan fingerprint density at radius 2 is 2.15 bits per heavy atom. The fraction of sp³-hybridized carbons (Fsp3) is 0.500. The highest BCUT2D eigenvalue weighted by Crippen LogP contribution is 2.25. The Morgan fingerprint density at radius 1 is 1.45 bits per heavy atom. The van der Waals surface area contributed by atoms with Gasteiger partial charge in [-0.25, -0.2) is 8.78 Å². The van der Waals surface area contributed by atoms with Crippen molar-refractivity contribution in [3.63, 3.8) is 0 Å². The Morgan fingerprint density at radius 3 is 2.70 bits per heavy atom. The Bertz CT molecular complexity index is 465. The highest BCUT2D eigenvalue weighted by Gasteiger charge is 2.17. The molecule has 1 aromatic carbocycles. The van der Waals surface area contributed by atoms with Crippen LogP contribution < -0.4 is 15.4 Å². The van der Waals surface area contributed by atoms with Crippen LogP contribution in [0.25, 0.3) is 0 Å². The first-order valence-corrected chi connectivity index (χ1v) is 6.63. The second-order valence-corrected chi connectivity index (χ2v) is 4.92. The number of anilines is 1. The lowest BCUT2D eigenvalue weighted by atomic mass is 10.0. The first-order chi connectivity index (χ1) is 9.60. The van der Waals surface area contributed by atoms with Gasteiger partial charge in [-0.2, -0.15) is 0 Å². The Hall–Kier alpha value is -1.69. The van der Waals surface area contributed by atoms with E-state index in [0.717, 1.165) is 38.1 Å². The standard InChI is InChI=1S/C14H18F2N2O2/c1-20-14-11(15)6-10(7-12(14)16)18-13(19)3-2-9-4-5-17-8-9/h6-7,9,17H,2-5,8H2,1H3,(H,18,19). The van der Waals surface area contributed by atoms with Crippen LogP contribution in [0.5, 0.6) is 5.75 Å². The smallest absolute Gasteiger partial charge is 0.224 e. The van der Waals surface area contributed by atoms with Gasteiger partial charge in [0.05, 0.1) is 7.11 Å². The number of hydrogen-bond donors (Lipinski definition) is 2. The minimum absolute atomic E-state index is 0.107. The SMILES string of the molecule is COc1c(F)cc(NC(=O)CCC2CCNC2)cc1F. The van der Waals surface area contributed by atoms with Crippen molar-refractivity contribution in [1.29, 1.82) is 0 Å². The van der Waals surface area contributed by atoms with Gasteiger partial charge >= 0.3 is 0 Å². The molecule has 0 spiro atoms. The zero-order valence-electron chi connectivity index (χ0n) is 11.3. The number of ether oxygens (including phenoxy) is 1. The maximum atomic E-state index is 13.5. The van der Waals surface area contributed by atoms with E-state index in [-0.39, 0.29) is 11.6 Å². The van der Waals surface area contributed by atoms with Crippen molar-refractivity contribution in [3.05, 3.63) is 23.8 Å². The van der Waals surface area contributed by atoms with Gasteiger partial charge in [-0.3, -0.25) is 4.79 Å². The average Bonchev–Trinajstić information content (AvgIpc) is 2.89. The summed E-state index contributed by atoms with van der Waals surface area (Å²) in [5, 5.41) is 5.73. The summed E-state index contributed by atoms with van der Waals surface area (Å²) >= 11 is 0. The molecule has 1 aliphatic rings. The molecule has 1 amide bonds. The van der Waals surface area contributed by atoms with E-state index in [1.165, 1.54) is 7.11 Å². The fourth-order valence-corrected chi connectivity index (χ4v) is 2.35. The first-order valence-electron chi connectivity index (χ1n) is 6.63. The zero-order valence-corrected chi connectivity index (χ0v) is 11.3. The molecular formula is C14H18F2N2O2. The minimum Gasteiger partial charge on any atom is -0.491 e. The van der Waals surface area contributed by atoms with E-state index >= 15 is 0 Å². The molecule has 0 bridgehead atoms. The number of rotatable bonds is 5. The second-order valence-electron chi connectivity index (χ2n) is 4.92. The van der Waals surface area contributed by atoms with Crippen LogP contribution in [0.3, 0.4) is 0 Å². The van der Waals surface area contributed by atoms with Gasteiger partial charge < -0.3 is 15.4 Å². The summed E-state index contributed by atoms with van der Waals surface area (Å²) in [6, 6.07) is 2.11. The molecule has 1 aliphatic heterocycles. The van der Waals surface area contributed by atoms with E-state index in [4.69, 9.17) is 0 Å². The van der Waals surface area contributed by atoms with Gasteiger partial charge in [-0.1, -0.05) is 0 Å². The third kappa shape index (κ3) is 3.66. The summed E-state index contributed by atoms with van der Waals surface area (Å²) in [7, 11) is 1.19. The van der Waals surface area contributed by atoms with Gasteiger partial charge in [0, 0.05) is 24.2 Å². The third-order valence-electron chi connectivity index (χ3n) is 3.43. The van der Waals surface area contributed by atoms with Crippen LogP contribution in [-0.4, -0.2) is 26.1 Å². The van der Waals surface area contributed by atoms with Gasteiger partial charge in [0.25, 0.3) is 0 Å². The molecule has 0 saturated carbocycles. The highest BCUT2D eigenvalue weighted by atomic mass is 19.1. The third-order valence-corrected chi connectivity index (χ3v) is 3.43. The second kappa shape index (κ2) is 6.65. The molecule has 1 aromatic rings. The number of amides is 1. The summed E-state index contributed by atoms with van der Waals surface area (Å²) < 4.78 is 31.5. The van der Waals surface area contributed by atoms with Crippen molar-refractivity contribution in [2.45, 2.75) is 19.3 Å². The number of benzene rings is 1. The molecular weight excluding hydrogens is 266 g/mol. The molecule has 0 aromatic heterocycles. The van der Waals surface area contributed by atoms with Crippen LogP contribution in [-0.2, 0) is 4.79 Å². The van der Waals surface area contributed by atoms with Crippen LogP contribution in [0.4, 0.5) is 14.5 Å². The van der Waals surface area contributed by atoms with E-state index in [1.54, 1.807) is 0 Å². The number of methoxy groups -OCH3 is 1. The summed E-state index contributed by atoms with van der Waals surface area (Å²) in [5.74, 6) is -1.84. The molecule has 0 aliphatic carbocycles. The van der Waals surface area contributed by atoms with E-state index in [0.29, 0.717) is 12.3 Å². The van der Waals surface area contributed by atoms with Crippen LogP contribution >= 0.6 is 0 Å². The lowest BCUT2D eigenvalue weighted by molar-refractivity contribution is -0.116. The normalized spacial score (nSPS) is 18.1. The molecule has 1 heterocycles. The minimum atomic E-state index is -0.831. The number of carbonyl (C=O) groups excluding carboxylic acids is 1. The number of nitrogens with one attached hydrogen (secondary N) is 2. The lowest BCUT2D eigenvalue weighted by Gasteiger charge is -2.10. The van der Waals surface area contributed by atoms with Gasteiger partial charge in [0.15, 0.2) is 17.4 Å². The number of halogens is 2. The average molecular weight is 284 g/mol. The molecule has 1 fully saturated rings. The monoisotopic (exact) mass is 284 g/mol. The predicted octanol–water partition coefficient (Wildman–Crippen LogP) is 2.30. The Kier molecular flexibility index (Phi) is 4.89. The van der Waals surface area contributed by atoms with Crippen LogP contribution in [0, 0.1) is 17.6 Å². The van der Waals surface area contributed by atoms with Crippen molar-refractivity contribution in [2.75, 3.05) is 25.5 Å². The molecule has 1 unspecified atom stereocenters. The van der Waals surface area contributed by atoms with E-state index in [9.17, 15) is 13.6 Å². The number of carbonyl (C=O) groups is 1. The van der Waals surface area contributed by atoms with Crippen LogP contribution in [0.2, 0.25) is 0 Å². The molecule has 2 rings (SSSR count). The number of hydrogen-bond acceptors (Lipinski definition) is 3. The predicted molar refractivity (Wildman–Crippen MR) is 71.8 cm³/mol. The zero-order chi connectivity index (χ0) is 14.5. The largest absolute Gasteiger partial charge is 0.491 e. The topological polar surface area (TPSA) is 50.4 Å². The summed E-state index contributed by atoms with van der Waals surface area (Å²) in [5.41, 5.74) is 0.107. The first kappa shape index (κ1) is 14.7. The van der Waals surface area contributed by atoms with Gasteiger partial charge in [0.2, 0.25) is 5.91 Å². The van der Waals surface area contributed by atoms with E-state index < -0.39 is 17.4 Å². The molecule has 2 N–H and O–H groups in total. The van der Waals surface area contributed by atoms with Crippen molar-refractivity contribution in [3.8, 4) is 5.75 Å². The van der Waals surface area contributed by atoms with E-state index in [2.05, 4.69) is 15.4 Å². The summed E-state index contributed by atoms with van der Waals surface area (Å²) in [6.45, 7) is 1.92. The van der Waals surface area contributed by atoms with Crippen molar-refractivity contribution in [1.82, 2.24) is 5.32 Å². The van der Waals surface area contributed by atoms with Crippen LogP contribution in [0.1, 0.15) is 19.3 Å². The Labute approximate surface area is 116 Å². The molecule has 20 heavy (non-hydrogen) atoms. The summed E-state index contributed by atoms with van der Waals surface area (Å²) in [6.07, 6.45) is 2.20. The summed E-state index contributed by atoms with van der Waals surface area (Å²) in [4.78, 5) is 11.7.